The van der Waals surface area contributed by atoms with Crippen LogP contribution in [-0.4, -0.2) is 35.5 Å². The zero-order valence-electron chi connectivity index (χ0n) is 19.7. The van der Waals surface area contributed by atoms with Crippen LogP contribution in [0.15, 0.2) is 11.6 Å². The number of hydrogen-bond donors (Lipinski definition) is 1. The molecule has 0 aromatic heterocycles. The Morgan fingerprint density at radius 1 is 1.06 bits per heavy atom. The van der Waals surface area contributed by atoms with Gasteiger partial charge in [0.05, 0.1) is 18.8 Å². The van der Waals surface area contributed by atoms with Crippen molar-refractivity contribution in [3.8, 4) is 0 Å². The van der Waals surface area contributed by atoms with E-state index in [1.54, 1.807) is 0 Å². The van der Waals surface area contributed by atoms with Crippen LogP contribution in [0.2, 0.25) is 0 Å². The first-order valence-corrected chi connectivity index (χ1v) is 13.0. The Hall–Kier alpha value is -0.710. The van der Waals surface area contributed by atoms with E-state index in [1.165, 1.54) is 18.4 Å². The third-order valence-corrected chi connectivity index (χ3v) is 11.2. The zero-order valence-corrected chi connectivity index (χ0v) is 19.7. The largest absolute Gasteiger partial charge is 0.393 e. The summed E-state index contributed by atoms with van der Waals surface area (Å²) in [4.78, 5) is 13.9. The molecule has 11 atom stereocenters. The highest BCUT2D eigenvalue weighted by atomic mass is 16.7. The molecular weight excluding hydrogens is 388 g/mol. The van der Waals surface area contributed by atoms with Gasteiger partial charge in [-0.2, -0.15) is 0 Å². The Bertz CT molecular complexity index is 810. The summed E-state index contributed by atoms with van der Waals surface area (Å²) < 4.78 is 13.2. The third kappa shape index (κ3) is 2.62. The summed E-state index contributed by atoms with van der Waals surface area (Å²) in [6, 6.07) is 0. The minimum atomic E-state index is -0.469. The van der Waals surface area contributed by atoms with Gasteiger partial charge in [0.15, 0.2) is 11.6 Å². The lowest BCUT2D eigenvalue weighted by molar-refractivity contribution is -0.271. The quantitative estimate of drug-likeness (QED) is 0.597. The molecule has 2 heterocycles. The molecule has 3 saturated carbocycles. The van der Waals surface area contributed by atoms with Crippen LogP contribution in [0.3, 0.4) is 0 Å². The van der Waals surface area contributed by atoms with Crippen molar-refractivity contribution in [3.63, 3.8) is 0 Å². The Kier molecular flexibility index (Phi) is 4.49. The average molecular weight is 429 g/mol. The molecule has 1 N–H and O–H groups in total. The number of carbonyl (C=O) groups excluding carboxylic acids is 1. The molecule has 4 nitrogen and oxygen atoms in total. The molecule has 6 aliphatic rings. The Balaban J connectivity index is 1.34. The van der Waals surface area contributed by atoms with Gasteiger partial charge >= 0.3 is 0 Å². The number of ether oxygens (including phenoxy) is 2. The molecule has 0 unspecified atom stereocenters. The fraction of sp³-hybridized carbons (Fsp3) is 0.889. The number of aliphatic hydroxyl groups is 1. The lowest BCUT2D eigenvalue weighted by atomic mass is 9.48. The normalized spacial score (nSPS) is 58.4. The van der Waals surface area contributed by atoms with E-state index in [1.807, 2.05) is 0 Å². The van der Waals surface area contributed by atoms with Crippen LogP contribution in [0.5, 0.6) is 0 Å². The Morgan fingerprint density at radius 2 is 1.87 bits per heavy atom. The molecule has 0 bridgehead atoms. The van der Waals surface area contributed by atoms with Gasteiger partial charge in [0.2, 0.25) is 0 Å². The highest BCUT2D eigenvalue weighted by Gasteiger charge is 2.70. The van der Waals surface area contributed by atoms with Crippen LogP contribution < -0.4 is 0 Å². The van der Waals surface area contributed by atoms with Crippen LogP contribution in [0.25, 0.3) is 0 Å². The second-order valence-corrected chi connectivity index (χ2v) is 12.6. The molecule has 0 aromatic carbocycles. The average Bonchev–Trinajstić information content (AvgIpc) is 3.18. The van der Waals surface area contributed by atoms with E-state index in [0.717, 1.165) is 45.1 Å². The third-order valence-electron chi connectivity index (χ3n) is 11.2. The molecule has 4 aliphatic carbocycles. The summed E-state index contributed by atoms with van der Waals surface area (Å²) in [7, 11) is 0. The molecule has 0 amide bonds. The second-order valence-electron chi connectivity index (χ2n) is 12.6. The molecule has 2 saturated heterocycles. The minimum absolute atomic E-state index is 0.0904. The predicted molar refractivity (Wildman–Crippen MR) is 118 cm³/mol. The van der Waals surface area contributed by atoms with Crippen molar-refractivity contribution in [1.29, 1.82) is 0 Å². The highest BCUT2D eigenvalue weighted by molar-refractivity contribution is 5.97. The number of allylic oxidation sites excluding steroid dienone is 2. The van der Waals surface area contributed by atoms with Crippen LogP contribution >= 0.6 is 0 Å². The van der Waals surface area contributed by atoms with E-state index in [-0.39, 0.29) is 34.9 Å². The van der Waals surface area contributed by atoms with Crippen molar-refractivity contribution in [2.75, 3.05) is 6.61 Å². The second kappa shape index (κ2) is 6.67. The zero-order chi connectivity index (χ0) is 21.8. The molecular formula is C27H40O4. The van der Waals surface area contributed by atoms with Gasteiger partial charge in [-0.05, 0) is 80.1 Å². The molecule has 6 rings (SSSR count). The molecule has 0 radical (unpaired) electrons. The molecule has 0 aromatic rings. The summed E-state index contributed by atoms with van der Waals surface area (Å²) in [5.41, 5.74) is 1.19. The van der Waals surface area contributed by atoms with Gasteiger partial charge in [-0.25, -0.2) is 0 Å². The van der Waals surface area contributed by atoms with Crippen LogP contribution in [-0.2, 0) is 14.3 Å². The fourth-order valence-corrected chi connectivity index (χ4v) is 9.28. The van der Waals surface area contributed by atoms with Gasteiger partial charge in [0.25, 0.3) is 0 Å². The summed E-state index contributed by atoms with van der Waals surface area (Å²) in [6.07, 6.45) is 10.3. The van der Waals surface area contributed by atoms with E-state index in [9.17, 15) is 9.90 Å². The van der Waals surface area contributed by atoms with Gasteiger partial charge in [0, 0.05) is 23.7 Å². The topological polar surface area (TPSA) is 55.8 Å². The minimum Gasteiger partial charge on any atom is -0.393 e. The Morgan fingerprint density at radius 3 is 2.61 bits per heavy atom. The molecule has 4 heteroatoms. The van der Waals surface area contributed by atoms with E-state index in [0.29, 0.717) is 29.5 Å². The first kappa shape index (κ1) is 20.9. The number of fused-ring (bicyclic) bond motifs is 7. The maximum Gasteiger partial charge on any atom is 0.171 e. The monoisotopic (exact) mass is 428 g/mol. The number of rotatable bonds is 0. The number of aliphatic hydroxyl groups excluding tert-OH is 1. The first-order chi connectivity index (χ1) is 14.7. The summed E-state index contributed by atoms with van der Waals surface area (Å²) >= 11 is 0. The number of ketones is 1. The van der Waals surface area contributed by atoms with Gasteiger partial charge in [-0.1, -0.05) is 33.3 Å². The van der Waals surface area contributed by atoms with Gasteiger partial charge in [-0.15, -0.1) is 0 Å². The molecule has 5 fully saturated rings. The molecule has 172 valence electrons. The van der Waals surface area contributed by atoms with Crippen LogP contribution in [0.1, 0.15) is 79.1 Å². The SMILES string of the molecule is C[C@@H]1CC[C@@]2(OC1)O[C@@H]1C[C@H]3[C@@H]4CC[C@H]5C[C@@H](O)CC[C@]5(C)C4=CC(=O)[C@]3(C)[C@H]1[C@@H]2C. The van der Waals surface area contributed by atoms with Gasteiger partial charge in [-0.3, -0.25) is 4.79 Å². The van der Waals surface area contributed by atoms with Crippen molar-refractivity contribution < 1.29 is 19.4 Å². The van der Waals surface area contributed by atoms with E-state index in [2.05, 4.69) is 33.8 Å². The predicted octanol–water partition coefficient (Wildman–Crippen LogP) is 4.89. The smallest absolute Gasteiger partial charge is 0.171 e. The summed E-state index contributed by atoms with van der Waals surface area (Å²) in [5.74, 6) is 2.41. The van der Waals surface area contributed by atoms with E-state index < -0.39 is 5.79 Å². The fourth-order valence-electron chi connectivity index (χ4n) is 9.28. The first-order valence-electron chi connectivity index (χ1n) is 13.0. The number of hydrogen-bond acceptors (Lipinski definition) is 4. The van der Waals surface area contributed by atoms with Crippen molar-refractivity contribution in [2.24, 2.45) is 46.3 Å². The molecule has 31 heavy (non-hydrogen) atoms. The molecule has 1 spiro atoms. The van der Waals surface area contributed by atoms with Crippen molar-refractivity contribution >= 4 is 5.78 Å². The van der Waals surface area contributed by atoms with Crippen LogP contribution in [0, 0.1) is 46.3 Å². The molecule has 2 aliphatic heterocycles. The standard InChI is InChI=1S/C27H40O4/c1-15-7-10-27(30-14-15)16(2)24-22(31-27)12-21-19-6-5-17-11-18(28)8-9-25(17,3)20(19)13-23(29)26(21,24)4/h13,15-19,21-22,24,28H,5-12,14H2,1-4H3/t15-,16+,17+,18+,19-,21+,22-,24+,25+,26-,27-/m1/s1. The van der Waals surface area contributed by atoms with E-state index >= 15 is 0 Å². The lowest BCUT2D eigenvalue weighted by Gasteiger charge is -2.56. The summed E-state index contributed by atoms with van der Waals surface area (Å²) in [5, 5.41) is 10.3. The highest BCUT2D eigenvalue weighted by Crippen LogP contribution is 2.69. The van der Waals surface area contributed by atoms with Crippen molar-refractivity contribution in [1.82, 2.24) is 0 Å². The van der Waals surface area contributed by atoms with E-state index in [4.69, 9.17) is 9.47 Å². The van der Waals surface area contributed by atoms with Gasteiger partial charge in [0.1, 0.15) is 0 Å². The lowest BCUT2D eigenvalue weighted by Crippen LogP contribution is -2.53. The van der Waals surface area contributed by atoms with Gasteiger partial charge < -0.3 is 14.6 Å². The maximum absolute atomic E-state index is 13.9. The maximum atomic E-state index is 13.9. The summed E-state index contributed by atoms with van der Waals surface area (Å²) in [6.45, 7) is 9.97. The van der Waals surface area contributed by atoms with Crippen molar-refractivity contribution in [3.05, 3.63) is 11.6 Å². The number of carbonyl (C=O) groups is 1. The van der Waals surface area contributed by atoms with Crippen molar-refractivity contribution in [2.45, 2.75) is 97.1 Å². The Labute approximate surface area is 187 Å². The van der Waals surface area contributed by atoms with Crippen LogP contribution in [0.4, 0.5) is 0 Å².